The molecule has 1 heterocycles. The van der Waals surface area contributed by atoms with Gasteiger partial charge in [-0.1, -0.05) is 0 Å². The van der Waals surface area contributed by atoms with Crippen LogP contribution in [0, 0.1) is 0 Å². The third-order valence-corrected chi connectivity index (χ3v) is 3.64. The molecule has 0 aliphatic heterocycles. The maximum absolute atomic E-state index is 11.8. The minimum absolute atomic E-state index is 0.0359. The van der Waals surface area contributed by atoms with Crippen molar-refractivity contribution >= 4 is 15.8 Å². The smallest absolute Gasteiger partial charge is 0.246 e. The molecule has 0 amide bonds. The number of nitrogens with zero attached hydrogens (tertiary/aromatic N) is 2. The maximum atomic E-state index is 11.8. The molecule has 1 rings (SSSR count). The summed E-state index contributed by atoms with van der Waals surface area (Å²) >= 11 is 0. The van der Waals surface area contributed by atoms with Gasteiger partial charge in [0, 0.05) is 25.9 Å². The number of anilines is 1. The fraction of sp³-hybridized carbons (Fsp3) is 0.625. The van der Waals surface area contributed by atoms with Crippen molar-refractivity contribution in [2.75, 3.05) is 12.3 Å². The third kappa shape index (κ3) is 2.94. The largest absolute Gasteiger partial charge is 0.396 e. The number of hydrogen-bond donors (Lipinski definition) is 3. The minimum atomic E-state index is -3.66. The quantitative estimate of drug-likeness (QED) is 0.622. The van der Waals surface area contributed by atoms with Crippen LogP contribution in [0.2, 0.25) is 0 Å². The van der Waals surface area contributed by atoms with E-state index in [0.29, 0.717) is 6.42 Å². The number of hydrogen-bond acceptors (Lipinski definition) is 5. The summed E-state index contributed by atoms with van der Waals surface area (Å²) in [6.45, 7) is 1.59. The number of aliphatic hydroxyl groups is 1. The summed E-state index contributed by atoms with van der Waals surface area (Å²) in [7, 11) is -2.07. The van der Waals surface area contributed by atoms with Crippen molar-refractivity contribution in [3.63, 3.8) is 0 Å². The van der Waals surface area contributed by atoms with Crippen LogP contribution in [0.1, 0.15) is 13.3 Å². The lowest BCUT2D eigenvalue weighted by molar-refractivity contribution is 0.275. The molecule has 0 aromatic carbocycles. The van der Waals surface area contributed by atoms with Gasteiger partial charge in [0.05, 0.1) is 0 Å². The molecule has 7 nitrogen and oxygen atoms in total. The molecule has 0 saturated heterocycles. The molecule has 92 valence electrons. The van der Waals surface area contributed by atoms with Crippen molar-refractivity contribution in [1.29, 1.82) is 0 Å². The Bertz CT molecular complexity index is 454. The van der Waals surface area contributed by atoms with Gasteiger partial charge >= 0.3 is 0 Å². The molecule has 1 aromatic heterocycles. The molecule has 0 radical (unpaired) electrons. The molecule has 1 unspecified atom stereocenters. The van der Waals surface area contributed by atoms with Crippen LogP contribution in [0.3, 0.4) is 0 Å². The second-order valence-corrected chi connectivity index (χ2v) is 5.27. The monoisotopic (exact) mass is 248 g/mol. The molecule has 1 aromatic rings. The van der Waals surface area contributed by atoms with Gasteiger partial charge < -0.3 is 10.8 Å². The van der Waals surface area contributed by atoms with Crippen molar-refractivity contribution in [3.8, 4) is 0 Å². The number of rotatable bonds is 5. The van der Waals surface area contributed by atoms with E-state index in [4.69, 9.17) is 10.8 Å². The van der Waals surface area contributed by atoms with Crippen molar-refractivity contribution in [3.05, 3.63) is 6.20 Å². The van der Waals surface area contributed by atoms with Crippen LogP contribution in [0.5, 0.6) is 0 Å². The number of nitrogens with one attached hydrogen (secondary N) is 1. The molecule has 0 spiro atoms. The SMILES string of the molecule is CC(CCO)NS(=O)(=O)c1cn(C)nc1N. The summed E-state index contributed by atoms with van der Waals surface area (Å²) in [6, 6.07) is -0.352. The highest BCUT2D eigenvalue weighted by molar-refractivity contribution is 7.89. The normalized spacial score (nSPS) is 13.9. The van der Waals surface area contributed by atoms with E-state index in [2.05, 4.69) is 9.82 Å². The first-order valence-corrected chi connectivity index (χ1v) is 6.27. The highest BCUT2D eigenvalue weighted by Gasteiger charge is 2.22. The zero-order chi connectivity index (χ0) is 12.3. The first kappa shape index (κ1) is 12.9. The van der Waals surface area contributed by atoms with Gasteiger partial charge in [-0.15, -0.1) is 0 Å². The van der Waals surface area contributed by atoms with E-state index in [9.17, 15) is 8.42 Å². The lowest BCUT2D eigenvalue weighted by Gasteiger charge is -2.11. The molecule has 0 fully saturated rings. The van der Waals surface area contributed by atoms with Crippen LogP contribution < -0.4 is 10.5 Å². The van der Waals surface area contributed by atoms with Crippen molar-refractivity contribution in [1.82, 2.24) is 14.5 Å². The Labute approximate surface area is 94.3 Å². The molecule has 1 atom stereocenters. The van der Waals surface area contributed by atoms with Crippen LogP contribution in [0.4, 0.5) is 5.82 Å². The van der Waals surface area contributed by atoms with Crippen LogP contribution in [-0.2, 0) is 17.1 Å². The number of nitrogens with two attached hydrogens (primary N) is 1. The van der Waals surface area contributed by atoms with E-state index < -0.39 is 10.0 Å². The fourth-order valence-electron chi connectivity index (χ4n) is 1.27. The zero-order valence-electron chi connectivity index (χ0n) is 9.21. The molecular formula is C8H16N4O3S. The first-order valence-electron chi connectivity index (χ1n) is 4.79. The number of aryl methyl sites for hydroxylation is 1. The predicted molar refractivity (Wildman–Crippen MR) is 59.1 cm³/mol. The van der Waals surface area contributed by atoms with Crippen LogP contribution in [0.15, 0.2) is 11.1 Å². The summed E-state index contributed by atoms with van der Waals surface area (Å²) in [5, 5.41) is 12.4. The van der Waals surface area contributed by atoms with Crippen molar-refractivity contribution in [2.24, 2.45) is 7.05 Å². The van der Waals surface area contributed by atoms with Crippen molar-refractivity contribution < 1.29 is 13.5 Å². The molecule has 0 saturated carbocycles. The van der Waals surface area contributed by atoms with E-state index in [-0.39, 0.29) is 23.4 Å². The lowest BCUT2D eigenvalue weighted by Crippen LogP contribution is -2.33. The van der Waals surface area contributed by atoms with E-state index >= 15 is 0 Å². The van der Waals surface area contributed by atoms with Gasteiger partial charge in [0.15, 0.2) is 5.82 Å². The van der Waals surface area contributed by atoms with Crippen LogP contribution in [0.25, 0.3) is 0 Å². The Morgan fingerprint density at radius 2 is 2.31 bits per heavy atom. The van der Waals surface area contributed by atoms with Gasteiger partial charge in [-0.25, -0.2) is 13.1 Å². The standard InChI is InChI=1S/C8H16N4O3S/c1-6(3-4-13)11-16(14,15)7-5-12(2)10-8(7)9/h5-6,11,13H,3-4H2,1-2H3,(H2,9,10). The van der Waals surface area contributed by atoms with E-state index in [1.54, 1.807) is 14.0 Å². The van der Waals surface area contributed by atoms with E-state index in [1.165, 1.54) is 10.9 Å². The van der Waals surface area contributed by atoms with E-state index in [1.807, 2.05) is 0 Å². The molecule has 4 N–H and O–H groups in total. The molecule has 0 aliphatic rings. The van der Waals surface area contributed by atoms with Gasteiger partial charge in [-0.3, -0.25) is 4.68 Å². The summed E-state index contributed by atoms with van der Waals surface area (Å²) in [5.41, 5.74) is 5.48. The maximum Gasteiger partial charge on any atom is 0.246 e. The van der Waals surface area contributed by atoms with Gasteiger partial charge in [-0.05, 0) is 13.3 Å². The summed E-state index contributed by atoms with van der Waals surface area (Å²) in [6.07, 6.45) is 1.68. The Hall–Kier alpha value is -1.12. The molecule has 16 heavy (non-hydrogen) atoms. The fourth-order valence-corrected chi connectivity index (χ4v) is 2.65. The minimum Gasteiger partial charge on any atom is -0.396 e. The van der Waals surface area contributed by atoms with Crippen molar-refractivity contribution in [2.45, 2.75) is 24.3 Å². The van der Waals surface area contributed by atoms with Gasteiger partial charge in [0.25, 0.3) is 0 Å². The second-order valence-electron chi connectivity index (χ2n) is 3.59. The summed E-state index contributed by atoms with van der Waals surface area (Å²) < 4.78 is 27.4. The average Bonchev–Trinajstić information content (AvgIpc) is 2.45. The van der Waals surface area contributed by atoms with E-state index in [0.717, 1.165) is 0 Å². The summed E-state index contributed by atoms with van der Waals surface area (Å²) in [5.74, 6) is -0.0359. The predicted octanol–water partition coefficient (Wildman–Crippen LogP) is -0.948. The zero-order valence-corrected chi connectivity index (χ0v) is 10.0. The summed E-state index contributed by atoms with van der Waals surface area (Å²) in [4.78, 5) is -0.0419. The topological polar surface area (TPSA) is 110 Å². The number of nitrogen functional groups attached to an aromatic ring is 1. The van der Waals surface area contributed by atoms with Crippen LogP contribution in [-0.4, -0.2) is 36.0 Å². The van der Waals surface area contributed by atoms with Gasteiger partial charge in [-0.2, -0.15) is 5.10 Å². The van der Waals surface area contributed by atoms with Gasteiger partial charge in [0.2, 0.25) is 10.0 Å². The molecule has 8 heteroatoms. The lowest BCUT2D eigenvalue weighted by atomic mass is 10.3. The molecule has 0 aliphatic carbocycles. The molecular weight excluding hydrogens is 232 g/mol. The average molecular weight is 248 g/mol. The Kier molecular flexibility index (Phi) is 3.89. The number of aromatic nitrogens is 2. The van der Waals surface area contributed by atoms with Crippen LogP contribution >= 0.6 is 0 Å². The highest BCUT2D eigenvalue weighted by Crippen LogP contribution is 2.15. The Morgan fingerprint density at radius 3 is 2.75 bits per heavy atom. The van der Waals surface area contributed by atoms with Gasteiger partial charge in [0.1, 0.15) is 4.90 Å². The number of aliphatic hydroxyl groups excluding tert-OH is 1. The second kappa shape index (κ2) is 4.81. The first-order chi connectivity index (χ1) is 7.36. The highest BCUT2D eigenvalue weighted by atomic mass is 32.2. The Morgan fingerprint density at radius 1 is 1.69 bits per heavy atom. The Balaban J connectivity index is 2.90. The third-order valence-electron chi connectivity index (χ3n) is 2.03. The number of sulfonamides is 1. The molecule has 0 bridgehead atoms.